The van der Waals surface area contributed by atoms with Crippen molar-refractivity contribution < 1.29 is 14.3 Å². The topological polar surface area (TPSA) is 104 Å². The third-order valence-corrected chi connectivity index (χ3v) is 6.35. The first-order valence-corrected chi connectivity index (χ1v) is 11.1. The molecule has 160 valence electrons. The van der Waals surface area contributed by atoms with E-state index in [0.29, 0.717) is 21.9 Å². The van der Waals surface area contributed by atoms with Crippen LogP contribution in [0.2, 0.25) is 0 Å². The second kappa shape index (κ2) is 9.90. The van der Waals surface area contributed by atoms with E-state index in [1.807, 2.05) is 56.7 Å². The summed E-state index contributed by atoms with van der Waals surface area (Å²) in [6.07, 6.45) is 0.456. The van der Waals surface area contributed by atoms with Crippen molar-refractivity contribution in [3.63, 3.8) is 0 Å². The zero-order valence-corrected chi connectivity index (χ0v) is 19.1. The molecule has 0 saturated heterocycles. The number of hydrogen-bond acceptors (Lipinski definition) is 9. The lowest BCUT2D eigenvalue weighted by Gasteiger charge is -2.15. The van der Waals surface area contributed by atoms with E-state index < -0.39 is 0 Å². The molecular weight excluding hydrogens is 424 g/mol. The van der Waals surface area contributed by atoms with E-state index in [1.165, 1.54) is 23.1 Å². The number of amides is 1. The Balaban J connectivity index is 1.62. The minimum absolute atomic E-state index is 0.163. The normalized spacial score (nSPS) is 13.0. The van der Waals surface area contributed by atoms with Crippen molar-refractivity contribution >= 4 is 34.1 Å². The van der Waals surface area contributed by atoms with Crippen LogP contribution in [0.1, 0.15) is 37.7 Å². The molecule has 0 radical (unpaired) electrons. The van der Waals surface area contributed by atoms with Crippen LogP contribution < -0.4 is 14.8 Å². The van der Waals surface area contributed by atoms with Crippen molar-refractivity contribution in [3.05, 3.63) is 35.1 Å². The van der Waals surface area contributed by atoms with Gasteiger partial charge in [0.1, 0.15) is 16.5 Å². The van der Waals surface area contributed by atoms with E-state index in [0.717, 1.165) is 17.2 Å². The third kappa shape index (κ3) is 5.28. The van der Waals surface area contributed by atoms with Crippen LogP contribution in [0.15, 0.2) is 29.4 Å². The number of nitrogens with zero attached hydrogens (tertiary/aromatic N) is 5. The highest BCUT2D eigenvalue weighted by Crippen LogP contribution is 2.28. The Morgan fingerprint density at radius 2 is 2.00 bits per heavy atom. The number of ether oxygens (including phenoxy) is 2. The van der Waals surface area contributed by atoms with Gasteiger partial charge < -0.3 is 14.0 Å². The first-order valence-electron chi connectivity index (χ1n) is 9.41. The number of thioether (sulfide) groups is 1. The van der Waals surface area contributed by atoms with Gasteiger partial charge in [0.05, 0.1) is 12.4 Å². The molecule has 11 heteroatoms. The van der Waals surface area contributed by atoms with Crippen LogP contribution in [0.5, 0.6) is 11.5 Å². The molecule has 3 aromatic rings. The van der Waals surface area contributed by atoms with E-state index >= 15 is 0 Å². The van der Waals surface area contributed by atoms with Gasteiger partial charge in [-0.25, -0.2) is 0 Å². The van der Waals surface area contributed by atoms with Crippen molar-refractivity contribution in [1.82, 2.24) is 25.0 Å². The standard InChI is InChI=1S/C19H24N6O3S2/c1-6-15-21-23-18(30-15)20-17(26)12(3)29-19-24-22-16(25(19)4)11(2)28-14-9-7-8-13(10-14)27-5/h7-12H,6H2,1-5H3,(H,20,23,26). The van der Waals surface area contributed by atoms with Crippen LogP contribution in [-0.4, -0.2) is 43.2 Å². The minimum Gasteiger partial charge on any atom is -0.497 e. The Hall–Kier alpha value is -2.66. The fourth-order valence-corrected chi connectivity index (χ4v) is 4.08. The summed E-state index contributed by atoms with van der Waals surface area (Å²) in [6, 6.07) is 7.38. The van der Waals surface area contributed by atoms with Crippen LogP contribution in [-0.2, 0) is 18.3 Å². The molecule has 0 saturated carbocycles. The summed E-state index contributed by atoms with van der Waals surface area (Å²) in [4.78, 5) is 12.5. The molecule has 0 aliphatic heterocycles. The summed E-state index contributed by atoms with van der Waals surface area (Å²) < 4.78 is 13.0. The monoisotopic (exact) mass is 448 g/mol. The SMILES string of the molecule is CCc1nnc(NC(=O)C(C)Sc2nnc(C(C)Oc3cccc(OC)c3)n2C)s1. The van der Waals surface area contributed by atoms with Crippen molar-refractivity contribution in [1.29, 1.82) is 0 Å². The van der Waals surface area contributed by atoms with Gasteiger partial charge in [-0.2, -0.15) is 0 Å². The molecule has 0 aliphatic rings. The smallest absolute Gasteiger partial charge is 0.239 e. The number of rotatable bonds is 9. The van der Waals surface area contributed by atoms with Crippen molar-refractivity contribution in [2.75, 3.05) is 12.4 Å². The van der Waals surface area contributed by atoms with Gasteiger partial charge in [0, 0.05) is 13.1 Å². The van der Waals surface area contributed by atoms with Gasteiger partial charge in [0.15, 0.2) is 17.1 Å². The van der Waals surface area contributed by atoms with E-state index in [-0.39, 0.29) is 17.3 Å². The summed E-state index contributed by atoms with van der Waals surface area (Å²) in [5, 5.41) is 20.9. The van der Waals surface area contributed by atoms with Crippen molar-refractivity contribution in [2.45, 2.75) is 43.7 Å². The number of methoxy groups -OCH3 is 1. The molecule has 2 heterocycles. The molecular formula is C19H24N6O3S2. The molecule has 0 fully saturated rings. The molecule has 2 unspecified atom stereocenters. The summed E-state index contributed by atoms with van der Waals surface area (Å²) in [6.45, 7) is 5.70. The Morgan fingerprint density at radius 3 is 2.70 bits per heavy atom. The minimum atomic E-state index is -0.385. The maximum absolute atomic E-state index is 12.5. The number of aromatic nitrogens is 5. The molecule has 0 bridgehead atoms. The van der Waals surface area contributed by atoms with Crippen LogP contribution in [0.3, 0.4) is 0 Å². The molecule has 3 rings (SSSR count). The third-order valence-electron chi connectivity index (χ3n) is 4.24. The van der Waals surface area contributed by atoms with Gasteiger partial charge in [0.25, 0.3) is 0 Å². The highest BCUT2D eigenvalue weighted by molar-refractivity contribution is 8.00. The highest BCUT2D eigenvalue weighted by atomic mass is 32.2. The predicted octanol–water partition coefficient (Wildman–Crippen LogP) is 3.50. The molecule has 9 nitrogen and oxygen atoms in total. The van der Waals surface area contributed by atoms with Gasteiger partial charge in [0.2, 0.25) is 11.0 Å². The van der Waals surface area contributed by atoms with Crippen LogP contribution in [0.4, 0.5) is 5.13 Å². The summed E-state index contributed by atoms with van der Waals surface area (Å²) in [7, 11) is 3.46. The van der Waals surface area contributed by atoms with E-state index in [2.05, 4.69) is 25.7 Å². The zero-order valence-electron chi connectivity index (χ0n) is 17.4. The Bertz CT molecular complexity index is 1010. The van der Waals surface area contributed by atoms with E-state index in [4.69, 9.17) is 9.47 Å². The van der Waals surface area contributed by atoms with Gasteiger partial charge in [-0.15, -0.1) is 20.4 Å². The zero-order chi connectivity index (χ0) is 21.7. The quantitative estimate of drug-likeness (QED) is 0.496. The number of anilines is 1. The molecule has 2 aromatic heterocycles. The molecule has 1 aromatic carbocycles. The highest BCUT2D eigenvalue weighted by Gasteiger charge is 2.22. The number of aryl methyl sites for hydroxylation is 1. The number of benzene rings is 1. The largest absolute Gasteiger partial charge is 0.497 e. The number of hydrogen-bond donors (Lipinski definition) is 1. The Labute approximate surface area is 183 Å². The first-order chi connectivity index (χ1) is 14.4. The second-order valence-electron chi connectivity index (χ2n) is 6.44. The number of nitrogens with one attached hydrogen (secondary N) is 1. The summed E-state index contributed by atoms with van der Waals surface area (Å²) >= 11 is 2.70. The van der Waals surface area contributed by atoms with Crippen LogP contribution in [0.25, 0.3) is 0 Å². The Morgan fingerprint density at radius 1 is 1.23 bits per heavy atom. The second-order valence-corrected chi connectivity index (χ2v) is 8.81. The fraction of sp³-hybridized carbons (Fsp3) is 0.421. The first kappa shape index (κ1) is 22.0. The van der Waals surface area contributed by atoms with E-state index in [1.54, 1.807) is 7.11 Å². The van der Waals surface area contributed by atoms with Gasteiger partial charge in [-0.1, -0.05) is 36.1 Å². The Kier molecular flexibility index (Phi) is 7.27. The van der Waals surface area contributed by atoms with Crippen LogP contribution >= 0.6 is 23.1 Å². The summed E-state index contributed by atoms with van der Waals surface area (Å²) in [5.74, 6) is 1.89. The van der Waals surface area contributed by atoms with Gasteiger partial charge >= 0.3 is 0 Å². The molecule has 0 aliphatic carbocycles. The van der Waals surface area contributed by atoms with Gasteiger partial charge in [-0.3, -0.25) is 10.1 Å². The maximum atomic E-state index is 12.5. The molecule has 2 atom stereocenters. The lowest BCUT2D eigenvalue weighted by Crippen LogP contribution is -2.22. The maximum Gasteiger partial charge on any atom is 0.239 e. The molecule has 30 heavy (non-hydrogen) atoms. The average Bonchev–Trinajstić information content (AvgIpc) is 3.34. The molecule has 0 spiro atoms. The number of carbonyl (C=O) groups excluding carboxylic acids is 1. The van der Waals surface area contributed by atoms with Crippen molar-refractivity contribution in [2.24, 2.45) is 7.05 Å². The molecule has 1 N–H and O–H groups in total. The predicted molar refractivity (Wildman–Crippen MR) is 116 cm³/mol. The average molecular weight is 449 g/mol. The lowest BCUT2D eigenvalue weighted by molar-refractivity contribution is -0.115. The lowest BCUT2D eigenvalue weighted by atomic mass is 10.3. The molecule has 1 amide bonds. The van der Waals surface area contributed by atoms with Crippen molar-refractivity contribution in [3.8, 4) is 11.5 Å². The fourth-order valence-electron chi connectivity index (χ4n) is 2.58. The van der Waals surface area contributed by atoms with Gasteiger partial charge in [-0.05, 0) is 32.4 Å². The number of carbonyl (C=O) groups is 1. The summed E-state index contributed by atoms with van der Waals surface area (Å²) in [5.41, 5.74) is 0. The van der Waals surface area contributed by atoms with Crippen LogP contribution in [0, 0.1) is 0 Å². The van der Waals surface area contributed by atoms with E-state index in [9.17, 15) is 4.79 Å².